The van der Waals surface area contributed by atoms with Crippen molar-refractivity contribution in [1.82, 2.24) is 5.16 Å². The molecule has 0 atom stereocenters. The number of rotatable bonds is 4. The fraction of sp³-hybridized carbons (Fsp3) is 0.188. The van der Waals surface area contributed by atoms with Crippen LogP contribution in [0.25, 0.3) is 11.0 Å². The summed E-state index contributed by atoms with van der Waals surface area (Å²) in [5.74, 6) is -0.225. The zero-order valence-corrected chi connectivity index (χ0v) is 13.1. The monoisotopic (exact) mass is 316 g/mol. The molecule has 0 bridgehead atoms. The molecule has 0 aliphatic carbocycles. The number of fused-ring (bicyclic) bond motifs is 1. The van der Waals surface area contributed by atoms with E-state index < -0.39 is 10.0 Å². The molecule has 1 aromatic heterocycles. The van der Waals surface area contributed by atoms with Crippen molar-refractivity contribution in [3.05, 3.63) is 59.3 Å². The van der Waals surface area contributed by atoms with E-state index in [0.29, 0.717) is 22.4 Å². The third-order valence-electron chi connectivity index (χ3n) is 3.65. The first-order valence-corrected chi connectivity index (χ1v) is 8.51. The van der Waals surface area contributed by atoms with E-state index in [9.17, 15) is 8.42 Å². The molecule has 0 unspecified atom stereocenters. The van der Waals surface area contributed by atoms with E-state index >= 15 is 0 Å². The number of nitrogens with zero attached hydrogens (tertiary/aromatic N) is 1. The van der Waals surface area contributed by atoms with Gasteiger partial charge < -0.3 is 4.52 Å². The van der Waals surface area contributed by atoms with Gasteiger partial charge in [-0.15, -0.1) is 0 Å². The predicted molar refractivity (Wildman–Crippen MR) is 86.2 cm³/mol. The molecule has 1 heterocycles. The molecule has 5 nitrogen and oxygen atoms in total. The smallest absolute Gasteiger partial charge is 0.238 e. The van der Waals surface area contributed by atoms with Gasteiger partial charge in [0.25, 0.3) is 0 Å². The average molecular weight is 316 g/mol. The molecule has 0 spiro atoms. The van der Waals surface area contributed by atoms with Crippen molar-refractivity contribution >= 4 is 26.7 Å². The second-order valence-corrected chi connectivity index (χ2v) is 6.96. The van der Waals surface area contributed by atoms with Crippen LogP contribution < -0.4 is 4.72 Å². The van der Waals surface area contributed by atoms with Gasteiger partial charge in [0.05, 0.1) is 5.69 Å². The Kier molecular flexibility index (Phi) is 3.62. The Balaban J connectivity index is 1.89. The lowest BCUT2D eigenvalue weighted by Gasteiger charge is -2.11. The normalized spacial score (nSPS) is 11.7. The maximum Gasteiger partial charge on any atom is 0.238 e. The van der Waals surface area contributed by atoms with Crippen molar-refractivity contribution in [2.24, 2.45) is 0 Å². The van der Waals surface area contributed by atoms with Crippen molar-refractivity contribution in [3.63, 3.8) is 0 Å². The van der Waals surface area contributed by atoms with Crippen LogP contribution in [-0.4, -0.2) is 13.6 Å². The summed E-state index contributed by atoms with van der Waals surface area (Å²) in [5, 5.41) is 4.58. The number of para-hydroxylation sites is 1. The lowest BCUT2D eigenvalue weighted by molar-refractivity contribution is 0.448. The molecule has 0 aliphatic rings. The van der Waals surface area contributed by atoms with Gasteiger partial charge >= 0.3 is 0 Å². The number of aryl methyl sites for hydroxylation is 1. The maximum atomic E-state index is 12.4. The highest BCUT2D eigenvalue weighted by atomic mass is 32.2. The highest BCUT2D eigenvalue weighted by Gasteiger charge is 2.18. The van der Waals surface area contributed by atoms with E-state index in [-0.39, 0.29) is 5.75 Å². The molecule has 114 valence electrons. The standard InChI is InChI=1S/C16H16N2O3S/c1-11-6-5-8-14(12(11)2)18-22(19,20)10-15-13-7-3-4-9-16(13)21-17-15/h3-9,18H,10H2,1-2H3. The highest BCUT2D eigenvalue weighted by Crippen LogP contribution is 2.23. The molecule has 0 saturated heterocycles. The Hall–Kier alpha value is -2.34. The summed E-state index contributed by atoms with van der Waals surface area (Å²) in [6, 6.07) is 12.7. The lowest BCUT2D eigenvalue weighted by atomic mass is 10.1. The van der Waals surface area contributed by atoms with Crippen LogP contribution in [-0.2, 0) is 15.8 Å². The number of benzene rings is 2. The van der Waals surface area contributed by atoms with E-state index in [2.05, 4.69) is 9.88 Å². The van der Waals surface area contributed by atoms with Crippen molar-refractivity contribution in [1.29, 1.82) is 0 Å². The van der Waals surface area contributed by atoms with Gasteiger partial charge in [-0.1, -0.05) is 29.4 Å². The van der Waals surface area contributed by atoms with Gasteiger partial charge in [0.2, 0.25) is 10.0 Å². The second-order valence-electron chi connectivity index (χ2n) is 5.23. The third kappa shape index (κ3) is 2.82. The first-order valence-electron chi connectivity index (χ1n) is 6.86. The molecule has 0 fully saturated rings. The summed E-state index contributed by atoms with van der Waals surface area (Å²) < 4.78 is 32.5. The number of anilines is 1. The number of hydrogen-bond donors (Lipinski definition) is 1. The van der Waals surface area contributed by atoms with Crippen molar-refractivity contribution in [2.75, 3.05) is 4.72 Å². The molecule has 0 amide bonds. The number of nitrogens with one attached hydrogen (secondary N) is 1. The fourth-order valence-corrected chi connectivity index (χ4v) is 3.48. The summed E-state index contributed by atoms with van der Waals surface area (Å²) >= 11 is 0. The summed E-state index contributed by atoms with van der Waals surface area (Å²) in [6.07, 6.45) is 0. The molecule has 3 rings (SSSR count). The molecule has 0 radical (unpaired) electrons. The van der Waals surface area contributed by atoms with Crippen LogP contribution in [0.5, 0.6) is 0 Å². The average Bonchev–Trinajstić information content (AvgIpc) is 2.86. The van der Waals surface area contributed by atoms with E-state index in [1.165, 1.54) is 0 Å². The zero-order valence-electron chi connectivity index (χ0n) is 12.3. The van der Waals surface area contributed by atoms with E-state index in [1.807, 2.05) is 38.1 Å². The lowest BCUT2D eigenvalue weighted by Crippen LogP contribution is -2.16. The van der Waals surface area contributed by atoms with Crippen molar-refractivity contribution in [2.45, 2.75) is 19.6 Å². The molecule has 2 aromatic carbocycles. The van der Waals surface area contributed by atoms with Crippen LogP contribution in [0.1, 0.15) is 16.8 Å². The molecule has 6 heteroatoms. The minimum Gasteiger partial charge on any atom is -0.356 e. The van der Waals surface area contributed by atoms with Gasteiger partial charge in [-0.3, -0.25) is 4.72 Å². The van der Waals surface area contributed by atoms with Crippen LogP contribution in [0.4, 0.5) is 5.69 Å². The minimum atomic E-state index is -3.56. The van der Waals surface area contributed by atoms with Gasteiger partial charge in [-0.25, -0.2) is 8.42 Å². The Morgan fingerprint density at radius 2 is 1.86 bits per heavy atom. The molecular weight excluding hydrogens is 300 g/mol. The van der Waals surface area contributed by atoms with E-state index in [4.69, 9.17) is 4.52 Å². The summed E-state index contributed by atoms with van der Waals surface area (Å²) in [6.45, 7) is 3.83. The van der Waals surface area contributed by atoms with Crippen molar-refractivity contribution in [3.8, 4) is 0 Å². The molecule has 0 saturated carbocycles. The number of hydrogen-bond acceptors (Lipinski definition) is 4. The Morgan fingerprint density at radius 1 is 1.09 bits per heavy atom. The van der Waals surface area contributed by atoms with Crippen LogP contribution in [0, 0.1) is 13.8 Å². The van der Waals surface area contributed by atoms with E-state index in [0.717, 1.165) is 11.1 Å². The Labute approximate surface area is 129 Å². The number of aromatic nitrogens is 1. The van der Waals surface area contributed by atoms with Crippen LogP contribution in [0.15, 0.2) is 47.0 Å². The fourth-order valence-electron chi connectivity index (χ4n) is 2.29. The minimum absolute atomic E-state index is 0.225. The summed E-state index contributed by atoms with van der Waals surface area (Å²) in [4.78, 5) is 0. The molecule has 0 aliphatic heterocycles. The van der Waals surface area contributed by atoms with Crippen LogP contribution in [0.2, 0.25) is 0 Å². The molecular formula is C16H16N2O3S. The van der Waals surface area contributed by atoms with Gasteiger partial charge in [0, 0.05) is 5.39 Å². The number of sulfonamides is 1. The molecule has 1 N–H and O–H groups in total. The molecule has 3 aromatic rings. The van der Waals surface area contributed by atoms with Crippen molar-refractivity contribution < 1.29 is 12.9 Å². The SMILES string of the molecule is Cc1cccc(NS(=O)(=O)Cc2noc3ccccc23)c1C. The highest BCUT2D eigenvalue weighted by molar-refractivity contribution is 7.91. The second kappa shape index (κ2) is 5.46. The molecule has 22 heavy (non-hydrogen) atoms. The first-order chi connectivity index (χ1) is 10.5. The first kappa shape index (κ1) is 14.6. The third-order valence-corrected chi connectivity index (χ3v) is 4.83. The van der Waals surface area contributed by atoms with Crippen LogP contribution in [0.3, 0.4) is 0 Å². The Bertz CT molecular complexity index is 929. The topological polar surface area (TPSA) is 72.2 Å². The maximum absolute atomic E-state index is 12.4. The van der Waals surface area contributed by atoms with Gasteiger partial charge in [0.15, 0.2) is 5.58 Å². The largest absolute Gasteiger partial charge is 0.356 e. The predicted octanol–water partition coefficient (Wildman–Crippen LogP) is 3.39. The van der Waals surface area contributed by atoms with Crippen LogP contribution >= 0.6 is 0 Å². The van der Waals surface area contributed by atoms with Gasteiger partial charge in [-0.05, 0) is 43.2 Å². The van der Waals surface area contributed by atoms with Gasteiger partial charge in [-0.2, -0.15) is 0 Å². The Morgan fingerprint density at radius 3 is 2.68 bits per heavy atom. The quantitative estimate of drug-likeness (QED) is 0.801. The summed E-state index contributed by atoms with van der Waals surface area (Å²) in [5.41, 5.74) is 3.53. The zero-order chi connectivity index (χ0) is 15.7. The van der Waals surface area contributed by atoms with E-state index in [1.54, 1.807) is 18.2 Å². The van der Waals surface area contributed by atoms with Gasteiger partial charge in [0.1, 0.15) is 11.4 Å². The summed E-state index contributed by atoms with van der Waals surface area (Å²) in [7, 11) is -3.56.